The molecule has 1 N–H and O–H groups in total. The topological polar surface area (TPSA) is 58.6 Å². The molecule has 2 amide bonds. The van der Waals surface area contributed by atoms with E-state index in [4.69, 9.17) is 4.74 Å². The van der Waals surface area contributed by atoms with Gasteiger partial charge in [-0.15, -0.1) is 0 Å². The maximum Gasteiger partial charge on any atom is 0.261 e. The molecule has 0 saturated carbocycles. The molecule has 150 valence electrons. The molecule has 0 unspecified atom stereocenters. The maximum atomic E-state index is 13.0. The van der Waals surface area contributed by atoms with Gasteiger partial charge in [-0.1, -0.05) is 36.4 Å². The van der Waals surface area contributed by atoms with Crippen molar-refractivity contribution in [2.45, 2.75) is 47.2 Å². The van der Waals surface area contributed by atoms with Gasteiger partial charge in [0, 0.05) is 13.1 Å². The third-order valence-electron chi connectivity index (χ3n) is 5.03. The zero-order chi connectivity index (χ0) is 20.7. The van der Waals surface area contributed by atoms with Crippen LogP contribution in [0, 0.1) is 20.8 Å². The van der Waals surface area contributed by atoms with Crippen LogP contribution in [0.25, 0.3) is 0 Å². The number of rotatable bonds is 8. The molecule has 0 aliphatic rings. The van der Waals surface area contributed by atoms with Crippen LogP contribution in [0.15, 0.2) is 42.5 Å². The second-order valence-electron chi connectivity index (χ2n) is 7.01. The smallest absolute Gasteiger partial charge is 0.261 e. The second kappa shape index (κ2) is 9.93. The van der Waals surface area contributed by atoms with Crippen LogP contribution < -0.4 is 10.1 Å². The van der Waals surface area contributed by atoms with E-state index in [1.165, 1.54) is 0 Å². The molecule has 5 nitrogen and oxygen atoms in total. The fourth-order valence-corrected chi connectivity index (χ4v) is 2.98. The van der Waals surface area contributed by atoms with E-state index in [1.54, 1.807) is 11.8 Å². The Morgan fingerprint density at radius 1 is 1.04 bits per heavy atom. The van der Waals surface area contributed by atoms with Crippen LogP contribution in [0.1, 0.15) is 36.1 Å². The van der Waals surface area contributed by atoms with Crippen LogP contribution >= 0.6 is 0 Å². The number of hydrogen-bond donors (Lipinski definition) is 1. The van der Waals surface area contributed by atoms with Crippen LogP contribution in [0.3, 0.4) is 0 Å². The van der Waals surface area contributed by atoms with Crippen molar-refractivity contribution in [2.75, 3.05) is 13.2 Å². The number of nitrogens with zero attached hydrogens (tertiary/aromatic N) is 1. The highest BCUT2D eigenvalue weighted by atomic mass is 16.5. The Morgan fingerprint density at radius 2 is 1.71 bits per heavy atom. The minimum Gasteiger partial charge on any atom is -0.483 e. The second-order valence-corrected chi connectivity index (χ2v) is 7.01. The minimum atomic E-state index is -0.589. The van der Waals surface area contributed by atoms with Crippen molar-refractivity contribution in [3.8, 4) is 5.75 Å². The highest BCUT2D eigenvalue weighted by Crippen LogP contribution is 2.21. The fraction of sp³-hybridized carbons (Fsp3) is 0.391. The molecule has 2 aromatic carbocycles. The van der Waals surface area contributed by atoms with Crippen LogP contribution in [-0.2, 0) is 16.1 Å². The van der Waals surface area contributed by atoms with Gasteiger partial charge in [0.15, 0.2) is 6.61 Å². The molecule has 0 aliphatic heterocycles. The molecule has 0 bridgehead atoms. The van der Waals surface area contributed by atoms with Crippen molar-refractivity contribution >= 4 is 11.8 Å². The SMILES string of the molecule is CCNC(=O)[C@@H](C)N(Cc1ccccc1C)C(=O)COc1cccc(C)c1C. The summed E-state index contributed by atoms with van der Waals surface area (Å²) in [6.07, 6.45) is 0. The van der Waals surface area contributed by atoms with Gasteiger partial charge in [0.2, 0.25) is 5.91 Å². The van der Waals surface area contributed by atoms with E-state index in [1.807, 2.05) is 70.2 Å². The largest absolute Gasteiger partial charge is 0.483 e. The molecule has 0 fully saturated rings. The number of hydrogen-bond acceptors (Lipinski definition) is 3. The van der Waals surface area contributed by atoms with Crippen molar-refractivity contribution in [1.82, 2.24) is 10.2 Å². The molecule has 0 spiro atoms. The number of carbonyl (C=O) groups excluding carboxylic acids is 2. The van der Waals surface area contributed by atoms with E-state index in [2.05, 4.69) is 5.32 Å². The molecule has 0 aromatic heterocycles. The summed E-state index contributed by atoms with van der Waals surface area (Å²) >= 11 is 0. The molecule has 2 aromatic rings. The lowest BCUT2D eigenvalue weighted by molar-refractivity contribution is -0.142. The first kappa shape index (κ1) is 21.5. The fourth-order valence-electron chi connectivity index (χ4n) is 2.98. The predicted octanol–water partition coefficient (Wildman–Crippen LogP) is 3.54. The van der Waals surface area contributed by atoms with Gasteiger partial charge in [-0.25, -0.2) is 0 Å². The first-order valence-corrected chi connectivity index (χ1v) is 9.65. The van der Waals surface area contributed by atoms with Crippen LogP contribution in [0.4, 0.5) is 0 Å². The molecule has 28 heavy (non-hydrogen) atoms. The lowest BCUT2D eigenvalue weighted by Crippen LogP contribution is -2.49. The van der Waals surface area contributed by atoms with Gasteiger partial charge in [0.1, 0.15) is 11.8 Å². The Balaban J connectivity index is 2.19. The summed E-state index contributed by atoms with van der Waals surface area (Å²) in [5, 5.41) is 2.80. The number of benzene rings is 2. The van der Waals surface area contributed by atoms with Gasteiger partial charge in [0.05, 0.1) is 0 Å². The average Bonchev–Trinajstić information content (AvgIpc) is 2.68. The number of likely N-dealkylation sites (N-methyl/N-ethyl adjacent to an activating group) is 1. The van der Waals surface area contributed by atoms with E-state index in [-0.39, 0.29) is 18.4 Å². The molecular weight excluding hydrogens is 352 g/mol. The quantitative estimate of drug-likeness (QED) is 0.760. The summed E-state index contributed by atoms with van der Waals surface area (Å²) in [7, 11) is 0. The monoisotopic (exact) mass is 382 g/mol. The maximum absolute atomic E-state index is 13.0. The molecule has 0 heterocycles. The Bertz CT molecular complexity index is 832. The first-order chi connectivity index (χ1) is 13.3. The Morgan fingerprint density at radius 3 is 2.39 bits per heavy atom. The van der Waals surface area contributed by atoms with Gasteiger partial charge in [-0.3, -0.25) is 9.59 Å². The molecule has 0 aliphatic carbocycles. The van der Waals surface area contributed by atoms with E-state index in [0.717, 1.165) is 22.3 Å². The summed E-state index contributed by atoms with van der Waals surface area (Å²) < 4.78 is 5.80. The van der Waals surface area contributed by atoms with Crippen molar-refractivity contribution in [3.63, 3.8) is 0 Å². The molecule has 0 saturated heterocycles. The molecule has 5 heteroatoms. The van der Waals surface area contributed by atoms with Gasteiger partial charge >= 0.3 is 0 Å². The van der Waals surface area contributed by atoms with Crippen LogP contribution in [0.5, 0.6) is 5.75 Å². The normalized spacial score (nSPS) is 11.6. The Labute approximate surface area is 167 Å². The zero-order valence-corrected chi connectivity index (χ0v) is 17.4. The summed E-state index contributed by atoms with van der Waals surface area (Å²) in [6, 6.07) is 13.1. The number of amides is 2. The Hall–Kier alpha value is -2.82. The van der Waals surface area contributed by atoms with Crippen LogP contribution in [0.2, 0.25) is 0 Å². The highest BCUT2D eigenvalue weighted by molar-refractivity contribution is 5.88. The van der Waals surface area contributed by atoms with Gasteiger partial charge in [0.25, 0.3) is 5.91 Å². The number of aryl methyl sites for hydroxylation is 2. The zero-order valence-electron chi connectivity index (χ0n) is 17.4. The number of carbonyl (C=O) groups is 2. The first-order valence-electron chi connectivity index (χ1n) is 9.65. The lowest BCUT2D eigenvalue weighted by atomic mass is 10.1. The van der Waals surface area contributed by atoms with Crippen molar-refractivity contribution in [1.29, 1.82) is 0 Å². The molecular formula is C23H30N2O3. The van der Waals surface area contributed by atoms with Crippen LogP contribution in [-0.4, -0.2) is 35.9 Å². The van der Waals surface area contributed by atoms with Crippen molar-refractivity contribution in [3.05, 3.63) is 64.7 Å². The highest BCUT2D eigenvalue weighted by Gasteiger charge is 2.26. The molecule has 0 radical (unpaired) electrons. The van der Waals surface area contributed by atoms with E-state index < -0.39 is 6.04 Å². The average molecular weight is 383 g/mol. The molecule has 1 atom stereocenters. The Kier molecular flexibility index (Phi) is 7.61. The summed E-state index contributed by atoms with van der Waals surface area (Å²) in [5.74, 6) is 0.300. The van der Waals surface area contributed by atoms with Crippen molar-refractivity contribution < 1.29 is 14.3 Å². The minimum absolute atomic E-state index is 0.111. The van der Waals surface area contributed by atoms with E-state index in [9.17, 15) is 9.59 Å². The predicted molar refractivity (Wildman–Crippen MR) is 111 cm³/mol. The van der Waals surface area contributed by atoms with Crippen molar-refractivity contribution in [2.24, 2.45) is 0 Å². The molecule has 2 rings (SSSR count). The third kappa shape index (κ3) is 5.35. The summed E-state index contributed by atoms with van der Waals surface area (Å²) in [5.41, 5.74) is 4.22. The van der Waals surface area contributed by atoms with E-state index >= 15 is 0 Å². The van der Waals surface area contributed by atoms with Gasteiger partial charge in [-0.05, 0) is 62.9 Å². The standard InChI is InChI=1S/C23H30N2O3/c1-6-24-23(27)19(5)25(14-20-12-8-7-10-17(20)3)22(26)15-28-21-13-9-11-16(2)18(21)4/h7-13,19H,6,14-15H2,1-5H3,(H,24,27)/t19-/m1/s1. The van der Waals surface area contributed by atoms with Gasteiger partial charge in [-0.2, -0.15) is 0 Å². The number of nitrogens with one attached hydrogen (secondary N) is 1. The third-order valence-corrected chi connectivity index (χ3v) is 5.03. The number of ether oxygens (including phenoxy) is 1. The van der Waals surface area contributed by atoms with Gasteiger partial charge < -0.3 is 15.0 Å². The lowest BCUT2D eigenvalue weighted by Gasteiger charge is -2.29. The summed E-state index contributed by atoms with van der Waals surface area (Å²) in [6.45, 7) is 10.4. The van der Waals surface area contributed by atoms with E-state index in [0.29, 0.717) is 18.8 Å². The summed E-state index contributed by atoms with van der Waals surface area (Å²) in [4.78, 5) is 27.0.